The Labute approximate surface area is 138 Å². The minimum atomic E-state index is 0.214. The van der Waals surface area contributed by atoms with E-state index in [0.717, 1.165) is 42.5 Å². The Morgan fingerprint density at radius 2 is 2.00 bits per heavy atom. The summed E-state index contributed by atoms with van der Waals surface area (Å²) in [6, 6.07) is 7.88. The molecule has 0 spiro atoms. The van der Waals surface area contributed by atoms with Gasteiger partial charge in [-0.25, -0.2) is 4.98 Å². The summed E-state index contributed by atoms with van der Waals surface area (Å²) in [5.74, 6) is 1.25. The van der Waals surface area contributed by atoms with Crippen molar-refractivity contribution in [2.24, 2.45) is 0 Å². The molecule has 0 radical (unpaired) electrons. The predicted molar refractivity (Wildman–Crippen MR) is 89.8 cm³/mol. The van der Waals surface area contributed by atoms with Crippen molar-refractivity contribution in [3.63, 3.8) is 0 Å². The highest BCUT2D eigenvalue weighted by molar-refractivity contribution is 7.10. The number of carbonyl (C=O) groups is 1. The van der Waals surface area contributed by atoms with Crippen LogP contribution in [0.5, 0.6) is 0 Å². The lowest BCUT2D eigenvalue weighted by Gasteiger charge is -2.35. The molecule has 0 saturated carbocycles. The van der Waals surface area contributed by atoms with Crippen LogP contribution in [-0.2, 0) is 11.2 Å². The highest BCUT2D eigenvalue weighted by Gasteiger charge is 2.22. The molecule has 0 unspecified atom stereocenters. The molecule has 1 aliphatic rings. The van der Waals surface area contributed by atoms with E-state index in [9.17, 15) is 4.79 Å². The molecule has 3 aromatic heterocycles. The van der Waals surface area contributed by atoms with E-state index in [1.54, 1.807) is 23.7 Å². The lowest BCUT2D eigenvalue weighted by molar-refractivity contribution is -0.130. The lowest BCUT2D eigenvalue weighted by Crippen LogP contribution is -2.49. The van der Waals surface area contributed by atoms with Crippen molar-refractivity contribution in [1.29, 1.82) is 0 Å². The zero-order chi connectivity index (χ0) is 15.6. The van der Waals surface area contributed by atoms with E-state index in [2.05, 4.69) is 15.0 Å². The second-order valence-electron chi connectivity index (χ2n) is 5.53. The number of hydrogen-bond donors (Lipinski definition) is 0. The van der Waals surface area contributed by atoms with Crippen molar-refractivity contribution in [3.8, 4) is 0 Å². The van der Waals surface area contributed by atoms with E-state index < -0.39 is 0 Å². The molecule has 1 aliphatic heterocycles. The Hall–Kier alpha value is -2.41. The van der Waals surface area contributed by atoms with Crippen molar-refractivity contribution in [2.75, 3.05) is 31.1 Å². The maximum absolute atomic E-state index is 12.4. The van der Waals surface area contributed by atoms with E-state index in [0.29, 0.717) is 6.42 Å². The molecule has 1 saturated heterocycles. The molecular weight excluding hydrogens is 310 g/mol. The zero-order valence-corrected chi connectivity index (χ0v) is 13.4. The molecule has 23 heavy (non-hydrogen) atoms. The van der Waals surface area contributed by atoms with Crippen LogP contribution in [0.15, 0.2) is 42.0 Å². The average molecular weight is 327 g/mol. The van der Waals surface area contributed by atoms with E-state index >= 15 is 0 Å². The molecule has 4 rings (SSSR count). The van der Waals surface area contributed by atoms with E-state index in [1.807, 2.05) is 39.1 Å². The van der Waals surface area contributed by atoms with Crippen molar-refractivity contribution in [2.45, 2.75) is 6.42 Å². The monoisotopic (exact) mass is 327 g/mol. The van der Waals surface area contributed by atoms with Crippen LogP contribution < -0.4 is 4.90 Å². The summed E-state index contributed by atoms with van der Waals surface area (Å²) in [4.78, 5) is 22.0. The third-order valence-corrected chi connectivity index (χ3v) is 5.01. The molecule has 7 heteroatoms. The Bertz CT molecular complexity index is 805. The number of nitrogens with zero attached hydrogens (tertiary/aromatic N) is 5. The summed E-state index contributed by atoms with van der Waals surface area (Å²) in [5.41, 5.74) is 0.846. The van der Waals surface area contributed by atoms with Gasteiger partial charge in [-0.1, -0.05) is 6.07 Å². The normalized spacial score (nSPS) is 15.3. The van der Waals surface area contributed by atoms with Gasteiger partial charge in [-0.3, -0.25) is 4.79 Å². The predicted octanol–water partition coefficient (Wildman–Crippen LogP) is 1.68. The van der Waals surface area contributed by atoms with Crippen molar-refractivity contribution in [1.82, 2.24) is 19.5 Å². The van der Waals surface area contributed by atoms with Gasteiger partial charge in [0, 0.05) is 43.3 Å². The first kappa shape index (κ1) is 14.2. The standard InChI is InChI=1S/C16H17N5OS/c22-16(12-13-2-1-11-23-13)20-9-7-19(8-10-20)15-4-5-17-14-3-6-18-21(14)15/h1-6,11H,7-10,12H2. The van der Waals surface area contributed by atoms with E-state index in [-0.39, 0.29) is 5.91 Å². The van der Waals surface area contributed by atoms with Crippen molar-refractivity contribution >= 4 is 28.7 Å². The molecular formula is C16H17N5OS. The quantitative estimate of drug-likeness (QED) is 0.734. The number of piperazine rings is 1. The first-order valence-electron chi connectivity index (χ1n) is 7.65. The summed E-state index contributed by atoms with van der Waals surface area (Å²) in [7, 11) is 0. The summed E-state index contributed by atoms with van der Waals surface area (Å²) < 4.78 is 1.85. The third-order valence-electron chi connectivity index (χ3n) is 4.13. The average Bonchev–Trinajstić information content (AvgIpc) is 3.25. The summed E-state index contributed by atoms with van der Waals surface area (Å²) in [6.07, 6.45) is 4.07. The summed E-state index contributed by atoms with van der Waals surface area (Å²) >= 11 is 1.64. The van der Waals surface area contributed by atoms with Gasteiger partial charge in [-0.2, -0.15) is 9.61 Å². The molecule has 6 nitrogen and oxygen atoms in total. The minimum absolute atomic E-state index is 0.214. The molecule has 0 aromatic carbocycles. The number of carbonyl (C=O) groups excluding carboxylic acids is 1. The Morgan fingerprint density at radius 1 is 1.13 bits per heavy atom. The van der Waals surface area contributed by atoms with Crippen molar-refractivity contribution < 1.29 is 4.79 Å². The first-order valence-corrected chi connectivity index (χ1v) is 8.53. The molecule has 1 amide bonds. The van der Waals surface area contributed by atoms with Gasteiger partial charge in [-0.05, 0) is 17.5 Å². The molecule has 0 bridgehead atoms. The number of anilines is 1. The second-order valence-corrected chi connectivity index (χ2v) is 6.56. The fraction of sp³-hybridized carbons (Fsp3) is 0.312. The molecule has 3 aromatic rings. The molecule has 0 atom stereocenters. The zero-order valence-electron chi connectivity index (χ0n) is 12.6. The van der Waals surface area contributed by atoms with Crippen LogP contribution in [0.3, 0.4) is 0 Å². The fourth-order valence-electron chi connectivity index (χ4n) is 2.92. The van der Waals surface area contributed by atoms with Gasteiger partial charge in [0.15, 0.2) is 5.65 Å². The largest absolute Gasteiger partial charge is 0.353 e. The molecule has 0 aliphatic carbocycles. The summed E-state index contributed by atoms with van der Waals surface area (Å²) in [5, 5.41) is 6.34. The second kappa shape index (κ2) is 6.00. The van der Waals surface area contributed by atoms with Gasteiger partial charge < -0.3 is 9.80 Å². The maximum atomic E-state index is 12.4. The smallest absolute Gasteiger partial charge is 0.227 e. The number of thiophene rings is 1. The van der Waals surface area contributed by atoms with Gasteiger partial charge in [0.2, 0.25) is 5.91 Å². The number of rotatable bonds is 3. The molecule has 0 N–H and O–H groups in total. The van der Waals surface area contributed by atoms with Gasteiger partial charge in [0.25, 0.3) is 0 Å². The Morgan fingerprint density at radius 3 is 2.78 bits per heavy atom. The van der Waals surface area contributed by atoms with E-state index in [1.165, 1.54) is 0 Å². The van der Waals surface area contributed by atoms with Crippen LogP contribution in [0.2, 0.25) is 0 Å². The van der Waals surface area contributed by atoms with Gasteiger partial charge in [0.05, 0.1) is 12.6 Å². The van der Waals surface area contributed by atoms with E-state index in [4.69, 9.17) is 0 Å². The molecule has 1 fully saturated rings. The number of hydrogen-bond acceptors (Lipinski definition) is 5. The van der Waals surface area contributed by atoms with Crippen molar-refractivity contribution in [3.05, 3.63) is 46.9 Å². The van der Waals surface area contributed by atoms with Gasteiger partial charge >= 0.3 is 0 Å². The summed E-state index contributed by atoms with van der Waals surface area (Å²) in [6.45, 7) is 3.12. The van der Waals surface area contributed by atoms with Crippen LogP contribution in [0, 0.1) is 0 Å². The minimum Gasteiger partial charge on any atom is -0.353 e. The first-order chi connectivity index (χ1) is 11.3. The van der Waals surface area contributed by atoms with Gasteiger partial charge in [-0.15, -0.1) is 11.3 Å². The van der Waals surface area contributed by atoms with Crippen LogP contribution in [0.25, 0.3) is 5.65 Å². The number of aromatic nitrogens is 3. The Balaban J connectivity index is 1.43. The number of amides is 1. The molecule has 4 heterocycles. The van der Waals surface area contributed by atoms with Crippen LogP contribution >= 0.6 is 11.3 Å². The number of fused-ring (bicyclic) bond motifs is 1. The lowest BCUT2D eigenvalue weighted by atomic mass is 10.2. The highest BCUT2D eigenvalue weighted by atomic mass is 32.1. The third kappa shape index (κ3) is 2.79. The maximum Gasteiger partial charge on any atom is 0.227 e. The van der Waals surface area contributed by atoms with Crippen LogP contribution in [-0.4, -0.2) is 51.6 Å². The highest BCUT2D eigenvalue weighted by Crippen LogP contribution is 2.18. The topological polar surface area (TPSA) is 53.7 Å². The fourth-order valence-corrected chi connectivity index (χ4v) is 3.62. The SMILES string of the molecule is O=C(Cc1cccs1)N1CCN(c2ccnc3ccnn23)CC1. The Kier molecular flexibility index (Phi) is 3.70. The van der Waals surface area contributed by atoms with Crippen LogP contribution in [0.4, 0.5) is 5.82 Å². The molecule has 118 valence electrons. The van der Waals surface area contributed by atoms with Crippen LogP contribution in [0.1, 0.15) is 4.88 Å². The van der Waals surface area contributed by atoms with Gasteiger partial charge in [0.1, 0.15) is 5.82 Å².